The molecule has 1 fully saturated rings. The predicted molar refractivity (Wildman–Crippen MR) is 83.2 cm³/mol. The molecular formula is C16H24BrNO. The van der Waals surface area contributed by atoms with Crippen molar-refractivity contribution in [2.75, 3.05) is 19.6 Å². The Morgan fingerprint density at radius 3 is 2.79 bits per heavy atom. The SMILES string of the molecule is CCCC1CCN(CCC(O)c2ccc(Br)cc2)C1. The average molecular weight is 326 g/mol. The van der Waals surface area contributed by atoms with Gasteiger partial charge in [0, 0.05) is 17.6 Å². The van der Waals surface area contributed by atoms with Crippen molar-refractivity contribution in [1.82, 2.24) is 4.90 Å². The molecule has 2 atom stereocenters. The van der Waals surface area contributed by atoms with Gasteiger partial charge < -0.3 is 10.0 Å². The Labute approximate surface area is 124 Å². The van der Waals surface area contributed by atoms with Crippen LogP contribution in [0.2, 0.25) is 0 Å². The summed E-state index contributed by atoms with van der Waals surface area (Å²) in [7, 11) is 0. The number of rotatable bonds is 6. The minimum Gasteiger partial charge on any atom is -0.388 e. The largest absolute Gasteiger partial charge is 0.388 e. The number of nitrogens with zero attached hydrogens (tertiary/aromatic N) is 1. The van der Waals surface area contributed by atoms with Crippen molar-refractivity contribution >= 4 is 15.9 Å². The zero-order chi connectivity index (χ0) is 13.7. The van der Waals surface area contributed by atoms with Gasteiger partial charge in [0.05, 0.1) is 6.10 Å². The first-order chi connectivity index (χ1) is 9.19. The van der Waals surface area contributed by atoms with Crippen molar-refractivity contribution in [1.29, 1.82) is 0 Å². The third kappa shape index (κ3) is 4.59. The van der Waals surface area contributed by atoms with Crippen LogP contribution >= 0.6 is 15.9 Å². The van der Waals surface area contributed by atoms with Gasteiger partial charge >= 0.3 is 0 Å². The minimum absolute atomic E-state index is 0.335. The Kier molecular flexibility index (Phi) is 5.86. The summed E-state index contributed by atoms with van der Waals surface area (Å²) in [4.78, 5) is 2.50. The second kappa shape index (κ2) is 7.41. The fraction of sp³-hybridized carbons (Fsp3) is 0.625. The third-order valence-electron chi connectivity index (χ3n) is 4.04. The van der Waals surface area contributed by atoms with E-state index in [1.807, 2.05) is 24.3 Å². The van der Waals surface area contributed by atoms with Crippen LogP contribution in [0.25, 0.3) is 0 Å². The number of hydrogen-bond acceptors (Lipinski definition) is 2. The highest BCUT2D eigenvalue weighted by atomic mass is 79.9. The molecule has 1 saturated heterocycles. The predicted octanol–water partition coefficient (Wildman–Crippen LogP) is 3.99. The van der Waals surface area contributed by atoms with Crippen LogP contribution in [0.4, 0.5) is 0 Å². The second-order valence-electron chi connectivity index (χ2n) is 5.60. The van der Waals surface area contributed by atoms with E-state index in [-0.39, 0.29) is 6.10 Å². The van der Waals surface area contributed by atoms with Crippen molar-refractivity contribution in [2.45, 2.75) is 38.7 Å². The molecule has 1 aliphatic rings. The van der Waals surface area contributed by atoms with E-state index in [9.17, 15) is 5.11 Å². The Morgan fingerprint density at radius 1 is 1.37 bits per heavy atom. The zero-order valence-corrected chi connectivity index (χ0v) is 13.3. The number of aliphatic hydroxyl groups is 1. The molecule has 0 spiro atoms. The summed E-state index contributed by atoms with van der Waals surface area (Å²) in [6.07, 6.45) is 4.48. The molecule has 2 nitrogen and oxygen atoms in total. The molecule has 2 rings (SSSR count). The van der Waals surface area contributed by atoms with Crippen molar-refractivity contribution in [2.24, 2.45) is 5.92 Å². The van der Waals surface area contributed by atoms with Gasteiger partial charge in [-0.2, -0.15) is 0 Å². The topological polar surface area (TPSA) is 23.5 Å². The van der Waals surface area contributed by atoms with Crippen LogP contribution in [0.3, 0.4) is 0 Å². The van der Waals surface area contributed by atoms with E-state index in [1.165, 1.54) is 32.4 Å². The fourth-order valence-corrected chi connectivity index (χ4v) is 3.18. The summed E-state index contributed by atoms with van der Waals surface area (Å²) in [5.74, 6) is 0.884. The fourth-order valence-electron chi connectivity index (χ4n) is 2.92. The van der Waals surface area contributed by atoms with Crippen LogP contribution in [-0.2, 0) is 0 Å². The lowest BCUT2D eigenvalue weighted by Gasteiger charge is -2.18. The first-order valence-electron chi connectivity index (χ1n) is 7.35. The molecule has 0 aromatic heterocycles. The smallest absolute Gasteiger partial charge is 0.0802 e. The summed E-state index contributed by atoms with van der Waals surface area (Å²) in [5.41, 5.74) is 1.02. The highest BCUT2D eigenvalue weighted by molar-refractivity contribution is 9.10. The minimum atomic E-state index is -0.335. The summed E-state index contributed by atoms with van der Waals surface area (Å²) in [6, 6.07) is 7.98. The lowest BCUT2D eigenvalue weighted by atomic mass is 10.0. The summed E-state index contributed by atoms with van der Waals surface area (Å²) < 4.78 is 1.06. The van der Waals surface area contributed by atoms with Crippen LogP contribution in [0.5, 0.6) is 0 Å². The molecule has 19 heavy (non-hydrogen) atoms. The standard InChI is InChI=1S/C16H24BrNO/c1-2-3-13-8-10-18(12-13)11-9-16(19)14-4-6-15(17)7-5-14/h4-7,13,16,19H,2-3,8-12H2,1H3. The van der Waals surface area contributed by atoms with E-state index in [1.54, 1.807) is 0 Å². The molecule has 1 heterocycles. The van der Waals surface area contributed by atoms with E-state index < -0.39 is 0 Å². The summed E-state index contributed by atoms with van der Waals surface area (Å²) in [5, 5.41) is 10.2. The molecule has 0 aliphatic carbocycles. The van der Waals surface area contributed by atoms with Crippen LogP contribution in [0.1, 0.15) is 44.3 Å². The molecule has 0 bridgehead atoms. The lowest BCUT2D eigenvalue weighted by molar-refractivity contribution is 0.147. The molecule has 1 aromatic rings. The first-order valence-corrected chi connectivity index (χ1v) is 8.14. The van der Waals surface area contributed by atoms with Crippen LogP contribution < -0.4 is 0 Å². The van der Waals surface area contributed by atoms with Crippen LogP contribution in [-0.4, -0.2) is 29.6 Å². The van der Waals surface area contributed by atoms with Gasteiger partial charge in [-0.1, -0.05) is 41.4 Å². The van der Waals surface area contributed by atoms with Crippen molar-refractivity contribution in [3.63, 3.8) is 0 Å². The Hall–Kier alpha value is -0.380. The molecule has 1 N–H and O–H groups in total. The Morgan fingerprint density at radius 2 is 2.11 bits per heavy atom. The second-order valence-corrected chi connectivity index (χ2v) is 6.52. The van der Waals surface area contributed by atoms with Gasteiger partial charge in [0.15, 0.2) is 0 Å². The van der Waals surface area contributed by atoms with Crippen LogP contribution in [0.15, 0.2) is 28.7 Å². The lowest BCUT2D eigenvalue weighted by Crippen LogP contribution is -2.23. The van der Waals surface area contributed by atoms with Crippen molar-refractivity contribution in [3.05, 3.63) is 34.3 Å². The van der Waals surface area contributed by atoms with Gasteiger partial charge in [-0.05, 0) is 49.4 Å². The maximum atomic E-state index is 10.2. The van der Waals surface area contributed by atoms with E-state index in [2.05, 4.69) is 27.8 Å². The monoisotopic (exact) mass is 325 g/mol. The van der Waals surface area contributed by atoms with E-state index in [0.717, 1.165) is 28.9 Å². The maximum absolute atomic E-state index is 10.2. The summed E-state index contributed by atoms with van der Waals surface area (Å²) >= 11 is 3.42. The molecule has 0 amide bonds. The number of likely N-dealkylation sites (tertiary alicyclic amines) is 1. The number of benzene rings is 1. The molecule has 1 aliphatic heterocycles. The van der Waals surface area contributed by atoms with Gasteiger partial charge in [-0.3, -0.25) is 0 Å². The van der Waals surface area contributed by atoms with Gasteiger partial charge in [-0.25, -0.2) is 0 Å². The molecule has 0 radical (unpaired) electrons. The van der Waals surface area contributed by atoms with Crippen molar-refractivity contribution in [3.8, 4) is 0 Å². The van der Waals surface area contributed by atoms with Gasteiger partial charge in [0.25, 0.3) is 0 Å². The molecular weight excluding hydrogens is 302 g/mol. The van der Waals surface area contributed by atoms with Gasteiger partial charge in [0.2, 0.25) is 0 Å². The van der Waals surface area contributed by atoms with E-state index >= 15 is 0 Å². The van der Waals surface area contributed by atoms with Crippen molar-refractivity contribution < 1.29 is 5.11 Å². The van der Waals surface area contributed by atoms with E-state index in [4.69, 9.17) is 0 Å². The molecule has 106 valence electrons. The number of halogens is 1. The zero-order valence-electron chi connectivity index (χ0n) is 11.7. The molecule has 1 aromatic carbocycles. The number of hydrogen-bond donors (Lipinski definition) is 1. The maximum Gasteiger partial charge on any atom is 0.0802 e. The Balaban J connectivity index is 1.75. The van der Waals surface area contributed by atoms with Crippen LogP contribution in [0, 0.1) is 5.92 Å². The molecule has 0 saturated carbocycles. The van der Waals surface area contributed by atoms with Gasteiger partial charge in [-0.15, -0.1) is 0 Å². The highest BCUT2D eigenvalue weighted by Gasteiger charge is 2.22. The van der Waals surface area contributed by atoms with Gasteiger partial charge in [0.1, 0.15) is 0 Å². The quantitative estimate of drug-likeness (QED) is 0.854. The normalized spacial score (nSPS) is 21.7. The third-order valence-corrected chi connectivity index (χ3v) is 4.57. The molecule has 2 unspecified atom stereocenters. The molecule has 3 heteroatoms. The Bertz CT molecular complexity index is 379. The highest BCUT2D eigenvalue weighted by Crippen LogP contribution is 2.24. The first kappa shape index (κ1) is 15.0. The number of aliphatic hydroxyl groups excluding tert-OH is 1. The summed E-state index contributed by atoms with van der Waals surface area (Å²) in [6.45, 7) is 5.70. The van der Waals surface area contributed by atoms with E-state index in [0.29, 0.717) is 0 Å². The average Bonchev–Trinajstić information content (AvgIpc) is 2.85.